The normalized spacial score (nSPS) is 16.7. The summed E-state index contributed by atoms with van der Waals surface area (Å²) in [7, 11) is 0. The molecule has 3 aromatic heterocycles. The maximum absolute atomic E-state index is 15.4. The molecule has 0 spiro atoms. The number of anilines is 2. The zero-order valence-electron chi connectivity index (χ0n) is 24.5. The summed E-state index contributed by atoms with van der Waals surface area (Å²) in [4.78, 5) is 51.6. The lowest BCUT2D eigenvalue weighted by Crippen LogP contribution is -2.47. The Morgan fingerprint density at radius 2 is 1.83 bits per heavy atom. The first kappa shape index (κ1) is 30.6. The molecule has 240 valence electrons. The number of phenols is 1. The van der Waals surface area contributed by atoms with Crippen LogP contribution in [0.15, 0.2) is 23.1 Å². The second kappa shape index (κ2) is 11.9. The van der Waals surface area contributed by atoms with E-state index in [1.807, 2.05) is 4.90 Å². The summed E-state index contributed by atoms with van der Waals surface area (Å²) in [6.45, 7) is 4.06. The van der Waals surface area contributed by atoms with Gasteiger partial charge in [0.15, 0.2) is 12.1 Å². The van der Waals surface area contributed by atoms with Gasteiger partial charge in [-0.1, -0.05) is 23.2 Å². The zero-order chi connectivity index (χ0) is 32.3. The molecule has 46 heavy (non-hydrogen) atoms. The Balaban J connectivity index is 1.20. The van der Waals surface area contributed by atoms with Crippen molar-refractivity contribution in [2.75, 3.05) is 42.9 Å². The number of rotatable bonds is 8. The number of amides is 1. The number of aromatic nitrogens is 4. The smallest absolute Gasteiger partial charge is 0.263 e. The number of hydrogen-bond donors (Lipinski definition) is 2. The molecule has 2 fully saturated rings. The molecule has 1 aromatic carbocycles. The molecule has 0 atom stereocenters. The maximum Gasteiger partial charge on any atom is 0.263 e. The summed E-state index contributed by atoms with van der Waals surface area (Å²) in [5.41, 5.74) is -0.731. The van der Waals surface area contributed by atoms with Crippen molar-refractivity contribution in [2.45, 2.75) is 38.8 Å². The monoisotopic (exact) mass is 671 g/mol. The number of aldehydes is 1. The minimum absolute atomic E-state index is 0.0204. The second-order valence-corrected chi connectivity index (χ2v) is 12.7. The van der Waals surface area contributed by atoms with E-state index in [-0.39, 0.29) is 38.4 Å². The number of fused-ring (bicyclic) bond motifs is 2. The van der Waals surface area contributed by atoms with Crippen LogP contribution in [0.1, 0.15) is 35.4 Å². The van der Waals surface area contributed by atoms with Crippen LogP contribution in [0.4, 0.5) is 20.3 Å². The van der Waals surface area contributed by atoms with Gasteiger partial charge in [-0.2, -0.15) is 4.39 Å². The number of piperazine rings is 1. The summed E-state index contributed by atoms with van der Waals surface area (Å²) in [5.74, 6) is -1.66. The predicted octanol–water partition coefficient (Wildman–Crippen LogP) is 4.48. The molecular weight excluding hydrogens is 643 g/mol. The third kappa shape index (κ3) is 5.50. The number of nitrogens with one attached hydrogen (secondary N) is 1. The first-order valence-electron chi connectivity index (χ1n) is 15.0. The van der Waals surface area contributed by atoms with Crippen LogP contribution in [0.5, 0.6) is 5.75 Å². The van der Waals surface area contributed by atoms with Gasteiger partial charge in [0.2, 0.25) is 11.9 Å². The highest BCUT2D eigenvalue weighted by atomic mass is 35.5. The maximum atomic E-state index is 15.4. The molecular formula is C31H29Cl2F2N7O4. The van der Waals surface area contributed by atoms with Crippen LogP contribution in [-0.4, -0.2) is 74.0 Å². The Morgan fingerprint density at radius 1 is 1.07 bits per heavy atom. The largest absolute Gasteiger partial charge is 0.506 e. The SMILES string of the molecule is O=Cc1cc(-c2cn(CC(=O)Nc3cc(N4CCN(CC5CC5)CC4)nc(F)c3Cl)c3nc4n(c(=O)c23)CCC4)c(F)c(Cl)c1O. The van der Waals surface area contributed by atoms with Crippen LogP contribution in [-0.2, 0) is 24.3 Å². The lowest BCUT2D eigenvalue weighted by molar-refractivity contribution is -0.116. The van der Waals surface area contributed by atoms with Crippen molar-refractivity contribution >= 4 is 57.9 Å². The van der Waals surface area contributed by atoms with E-state index in [1.165, 1.54) is 34.2 Å². The van der Waals surface area contributed by atoms with E-state index in [2.05, 4.69) is 20.2 Å². The molecule has 0 bridgehead atoms. The molecule has 15 heteroatoms. The third-order valence-corrected chi connectivity index (χ3v) is 9.57. The van der Waals surface area contributed by atoms with Gasteiger partial charge in [0.1, 0.15) is 39.6 Å². The number of carbonyl (C=O) groups excluding carboxylic acids is 2. The van der Waals surface area contributed by atoms with Crippen LogP contribution in [0, 0.1) is 17.7 Å². The molecule has 7 rings (SSSR count). The molecule has 4 aromatic rings. The van der Waals surface area contributed by atoms with Gasteiger partial charge in [-0.15, -0.1) is 0 Å². The Bertz CT molecular complexity index is 1970. The van der Waals surface area contributed by atoms with Gasteiger partial charge in [0, 0.05) is 69.1 Å². The van der Waals surface area contributed by atoms with Gasteiger partial charge in [-0.05, 0) is 31.2 Å². The molecule has 2 aliphatic heterocycles. The molecule has 1 aliphatic carbocycles. The average molecular weight is 673 g/mol. The minimum atomic E-state index is -1.04. The lowest BCUT2D eigenvalue weighted by atomic mass is 10.0. The Kier molecular flexibility index (Phi) is 7.94. The summed E-state index contributed by atoms with van der Waals surface area (Å²) in [6.07, 6.45) is 5.45. The fourth-order valence-electron chi connectivity index (χ4n) is 6.28. The summed E-state index contributed by atoms with van der Waals surface area (Å²) < 4.78 is 33.2. The van der Waals surface area contributed by atoms with E-state index in [0.717, 1.165) is 31.6 Å². The summed E-state index contributed by atoms with van der Waals surface area (Å²) in [5, 5.41) is 11.8. The number of benzene rings is 1. The Morgan fingerprint density at radius 3 is 2.54 bits per heavy atom. The molecule has 1 amide bonds. The fraction of sp³-hybridized carbons (Fsp3) is 0.387. The molecule has 0 unspecified atom stereocenters. The number of aromatic hydroxyl groups is 1. The molecule has 11 nitrogen and oxygen atoms in total. The van der Waals surface area contributed by atoms with Crippen LogP contribution < -0.4 is 15.8 Å². The topological polar surface area (TPSA) is 126 Å². The predicted molar refractivity (Wildman–Crippen MR) is 169 cm³/mol. The number of phenolic OH excluding ortho intramolecular Hbond substituents is 1. The second-order valence-electron chi connectivity index (χ2n) is 12.0. The fourth-order valence-corrected chi connectivity index (χ4v) is 6.64. The van der Waals surface area contributed by atoms with Gasteiger partial charge in [-0.3, -0.25) is 23.9 Å². The van der Waals surface area contributed by atoms with E-state index in [9.17, 15) is 23.9 Å². The average Bonchev–Trinajstić information content (AvgIpc) is 3.60. The number of pyridine rings is 1. The number of nitrogens with zero attached hydrogens (tertiary/aromatic N) is 6. The molecule has 5 heterocycles. The van der Waals surface area contributed by atoms with E-state index in [0.29, 0.717) is 50.4 Å². The number of carbonyl (C=O) groups is 2. The standard InChI is InChI=1S/C31H29Cl2F2N7O4/c32-25-20(11-22(37-29(25)35)40-8-6-39(7-9-40)12-16-3-4-16)36-23(44)14-41-13-19(18-10-17(15-43)28(45)26(33)27(18)34)24-30(41)38-21-2-1-5-42(21)31(24)46/h10-11,13,15-16,45H,1-9,12,14H2,(H,36,37,44). The first-order valence-corrected chi connectivity index (χ1v) is 15.8. The highest BCUT2D eigenvalue weighted by Gasteiger charge is 2.29. The van der Waals surface area contributed by atoms with E-state index < -0.39 is 40.5 Å². The summed E-state index contributed by atoms with van der Waals surface area (Å²) >= 11 is 12.2. The van der Waals surface area contributed by atoms with Crippen LogP contribution in [0.25, 0.3) is 22.2 Å². The number of halogens is 4. The molecule has 1 saturated heterocycles. The highest BCUT2D eigenvalue weighted by Crippen LogP contribution is 2.39. The van der Waals surface area contributed by atoms with Crippen molar-refractivity contribution in [3.8, 4) is 16.9 Å². The van der Waals surface area contributed by atoms with Gasteiger partial charge >= 0.3 is 0 Å². The quantitative estimate of drug-likeness (QED) is 0.208. The van der Waals surface area contributed by atoms with E-state index in [4.69, 9.17) is 23.2 Å². The lowest BCUT2D eigenvalue weighted by Gasteiger charge is -2.35. The van der Waals surface area contributed by atoms with Crippen molar-refractivity contribution in [2.24, 2.45) is 5.92 Å². The number of aryl methyl sites for hydroxylation is 1. The highest BCUT2D eigenvalue weighted by molar-refractivity contribution is 6.34. The summed E-state index contributed by atoms with van der Waals surface area (Å²) in [6, 6.07) is 2.62. The van der Waals surface area contributed by atoms with Crippen molar-refractivity contribution in [3.63, 3.8) is 0 Å². The van der Waals surface area contributed by atoms with Gasteiger partial charge in [0.25, 0.3) is 5.56 Å². The number of hydrogen-bond acceptors (Lipinski definition) is 8. The molecule has 2 N–H and O–H groups in total. The van der Waals surface area contributed by atoms with Crippen LogP contribution in [0.2, 0.25) is 10.0 Å². The first-order chi connectivity index (χ1) is 22.1. The van der Waals surface area contributed by atoms with Crippen LogP contribution in [0.3, 0.4) is 0 Å². The van der Waals surface area contributed by atoms with Gasteiger partial charge in [0.05, 0.1) is 16.6 Å². The van der Waals surface area contributed by atoms with Crippen molar-refractivity contribution < 1.29 is 23.5 Å². The van der Waals surface area contributed by atoms with Crippen molar-refractivity contribution in [3.05, 3.63) is 61.9 Å². The van der Waals surface area contributed by atoms with Crippen molar-refractivity contribution in [1.29, 1.82) is 0 Å². The molecule has 0 radical (unpaired) electrons. The Hall–Kier alpha value is -4.07. The van der Waals surface area contributed by atoms with Crippen LogP contribution >= 0.6 is 23.2 Å². The van der Waals surface area contributed by atoms with E-state index >= 15 is 4.39 Å². The zero-order valence-corrected chi connectivity index (χ0v) is 26.0. The van der Waals surface area contributed by atoms with Gasteiger partial charge in [-0.25, -0.2) is 14.4 Å². The minimum Gasteiger partial charge on any atom is -0.506 e. The Labute approximate surface area is 271 Å². The third-order valence-electron chi connectivity index (χ3n) is 8.87. The van der Waals surface area contributed by atoms with Gasteiger partial charge < -0.3 is 19.9 Å². The molecule has 1 saturated carbocycles. The van der Waals surface area contributed by atoms with Crippen molar-refractivity contribution in [1.82, 2.24) is 24.0 Å². The van der Waals surface area contributed by atoms with E-state index in [1.54, 1.807) is 0 Å². The molecule has 3 aliphatic rings.